The van der Waals surface area contributed by atoms with Crippen molar-refractivity contribution in [3.05, 3.63) is 41.4 Å². The quantitative estimate of drug-likeness (QED) is 0.0539. The van der Waals surface area contributed by atoms with Crippen LogP contribution in [0.25, 0.3) is 0 Å². The van der Waals surface area contributed by atoms with E-state index < -0.39 is 15.7 Å². The van der Waals surface area contributed by atoms with Crippen LogP contribution in [0, 0.1) is 6.92 Å². The fourth-order valence-electron chi connectivity index (χ4n) is 5.71. The van der Waals surface area contributed by atoms with Crippen LogP contribution in [0.1, 0.15) is 134 Å². The minimum atomic E-state index is -3.87. The Morgan fingerprint density at radius 3 is 2.11 bits per heavy atom. The van der Waals surface area contributed by atoms with Crippen molar-refractivity contribution in [3.63, 3.8) is 0 Å². The standard InChI is InChI=1S/C36H59NO7S2/c1-3-4-5-6-7-8-9-10-11-12-13-14-15-16-17-21-35-42-30-32(43-35)29-41-34(38)20-18-19-26-37-27-28-45-36(37)44-46(39,40)33-24-22-31(2)23-25-33/h22-25,27-28,32,35-36H,3-21,26,29-30H2,1-2H3. The van der Waals surface area contributed by atoms with Gasteiger partial charge in [0, 0.05) is 19.2 Å². The van der Waals surface area contributed by atoms with E-state index in [0.717, 1.165) is 18.4 Å². The van der Waals surface area contributed by atoms with Gasteiger partial charge in [-0.1, -0.05) is 126 Å². The van der Waals surface area contributed by atoms with Crippen LogP contribution in [-0.2, 0) is 33.3 Å². The molecule has 0 radical (unpaired) electrons. The molecule has 3 unspecified atom stereocenters. The molecule has 0 amide bonds. The zero-order valence-corrected chi connectivity index (χ0v) is 30.0. The second-order valence-electron chi connectivity index (χ2n) is 12.7. The number of rotatable bonds is 26. The second-order valence-corrected chi connectivity index (χ2v) is 15.2. The topological polar surface area (TPSA) is 91.4 Å². The molecular weight excluding hydrogens is 623 g/mol. The van der Waals surface area contributed by atoms with Crippen LogP contribution < -0.4 is 0 Å². The number of ether oxygens (including phenoxy) is 3. The minimum Gasteiger partial charge on any atom is -0.463 e. The van der Waals surface area contributed by atoms with E-state index in [-0.39, 0.29) is 29.9 Å². The molecule has 1 aromatic rings. The Labute approximate surface area is 283 Å². The third kappa shape index (κ3) is 16.0. The molecule has 2 aliphatic heterocycles. The van der Waals surface area contributed by atoms with E-state index in [0.29, 0.717) is 32.4 Å². The summed E-state index contributed by atoms with van der Waals surface area (Å²) < 4.78 is 47.9. The van der Waals surface area contributed by atoms with Crippen molar-refractivity contribution in [2.24, 2.45) is 0 Å². The number of carbonyl (C=O) groups excluding carboxylic acids is 1. The van der Waals surface area contributed by atoms with Gasteiger partial charge in [-0.05, 0) is 50.1 Å². The molecule has 0 bridgehead atoms. The monoisotopic (exact) mass is 681 g/mol. The summed E-state index contributed by atoms with van der Waals surface area (Å²) in [6, 6.07) is 6.61. The lowest BCUT2D eigenvalue weighted by Gasteiger charge is -2.24. The molecule has 1 aromatic carbocycles. The third-order valence-corrected chi connectivity index (χ3v) is 10.9. The maximum Gasteiger partial charge on any atom is 0.305 e. The lowest BCUT2D eigenvalue weighted by molar-refractivity contribution is -0.148. The van der Waals surface area contributed by atoms with E-state index in [1.165, 1.54) is 102 Å². The van der Waals surface area contributed by atoms with Gasteiger partial charge in [0.25, 0.3) is 10.1 Å². The number of hydrogen-bond donors (Lipinski definition) is 0. The normalized spacial score (nSPS) is 19.7. The van der Waals surface area contributed by atoms with Crippen LogP contribution in [0.5, 0.6) is 0 Å². The highest BCUT2D eigenvalue weighted by molar-refractivity contribution is 8.03. The summed E-state index contributed by atoms with van der Waals surface area (Å²) in [5.74, 6) is -0.254. The van der Waals surface area contributed by atoms with Gasteiger partial charge in [-0.2, -0.15) is 8.42 Å². The highest BCUT2D eigenvalue weighted by Gasteiger charge is 2.29. The van der Waals surface area contributed by atoms with E-state index >= 15 is 0 Å². The number of unbranched alkanes of at least 4 members (excludes halogenated alkanes) is 15. The Bertz CT molecular complexity index is 1100. The Hall–Kier alpha value is -1.59. The zero-order valence-electron chi connectivity index (χ0n) is 28.4. The van der Waals surface area contributed by atoms with Crippen molar-refractivity contribution < 1.29 is 31.6 Å². The van der Waals surface area contributed by atoms with E-state index in [4.69, 9.17) is 18.4 Å². The third-order valence-electron chi connectivity index (χ3n) is 8.57. The molecule has 1 fully saturated rings. The summed E-state index contributed by atoms with van der Waals surface area (Å²) in [6.07, 6.45) is 24.2. The zero-order chi connectivity index (χ0) is 32.9. The molecule has 10 heteroatoms. The van der Waals surface area contributed by atoms with E-state index in [2.05, 4.69) is 6.92 Å². The molecule has 46 heavy (non-hydrogen) atoms. The molecule has 2 aliphatic rings. The van der Waals surface area contributed by atoms with Crippen LogP contribution in [0.3, 0.4) is 0 Å². The number of nitrogens with zero attached hydrogens (tertiary/aromatic N) is 1. The number of esters is 1. The van der Waals surface area contributed by atoms with E-state index in [9.17, 15) is 13.2 Å². The van der Waals surface area contributed by atoms with Gasteiger partial charge < -0.3 is 19.1 Å². The first-order chi connectivity index (χ1) is 22.4. The number of benzene rings is 1. The molecule has 3 atom stereocenters. The molecule has 0 N–H and O–H groups in total. The lowest BCUT2D eigenvalue weighted by Crippen LogP contribution is -2.30. The molecule has 262 valence electrons. The summed E-state index contributed by atoms with van der Waals surface area (Å²) >= 11 is 1.30. The van der Waals surface area contributed by atoms with Crippen LogP contribution in [-0.4, -0.2) is 57.0 Å². The molecule has 8 nitrogen and oxygen atoms in total. The summed E-state index contributed by atoms with van der Waals surface area (Å²) in [7, 11) is -3.87. The highest BCUT2D eigenvalue weighted by Crippen LogP contribution is 2.30. The van der Waals surface area contributed by atoms with Gasteiger partial charge in [0.05, 0.1) is 11.5 Å². The van der Waals surface area contributed by atoms with Gasteiger partial charge in [-0.15, -0.1) is 0 Å². The maximum absolute atomic E-state index is 12.7. The summed E-state index contributed by atoms with van der Waals surface area (Å²) in [5, 5.41) is 1.82. The molecule has 2 heterocycles. The Kier molecular flexibility index (Phi) is 19.3. The molecule has 3 rings (SSSR count). The Morgan fingerprint density at radius 2 is 1.48 bits per heavy atom. The van der Waals surface area contributed by atoms with Gasteiger partial charge in [-0.25, -0.2) is 4.18 Å². The van der Waals surface area contributed by atoms with Crippen LogP contribution in [0.15, 0.2) is 40.8 Å². The van der Waals surface area contributed by atoms with Crippen molar-refractivity contribution in [2.75, 3.05) is 19.8 Å². The largest absolute Gasteiger partial charge is 0.463 e. The van der Waals surface area contributed by atoms with Crippen LogP contribution in [0.2, 0.25) is 0 Å². The lowest BCUT2D eigenvalue weighted by atomic mass is 10.0. The average Bonchev–Trinajstić information content (AvgIpc) is 3.69. The fourth-order valence-corrected chi connectivity index (χ4v) is 7.80. The molecule has 0 saturated carbocycles. The fraction of sp³-hybridized carbons (Fsp3) is 0.750. The van der Waals surface area contributed by atoms with Gasteiger partial charge >= 0.3 is 5.97 Å². The predicted octanol–water partition coefficient (Wildman–Crippen LogP) is 9.22. The minimum absolute atomic E-state index is 0.140. The molecular formula is C36H59NO7S2. The first-order valence-corrected chi connectivity index (χ1v) is 20.2. The first kappa shape index (κ1) is 38.9. The predicted molar refractivity (Wildman–Crippen MR) is 186 cm³/mol. The number of aryl methyl sites for hydroxylation is 1. The van der Waals surface area contributed by atoms with E-state index in [1.807, 2.05) is 23.4 Å². The van der Waals surface area contributed by atoms with Crippen molar-refractivity contribution in [1.82, 2.24) is 4.90 Å². The van der Waals surface area contributed by atoms with Gasteiger partial charge in [0.2, 0.25) is 5.56 Å². The average molecular weight is 682 g/mol. The first-order valence-electron chi connectivity index (χ1n) is 17.9. The van der Waals surface area contributed by atoms with Gasteiger partial charge in [0.1, 0.15) is 12.7 Å². The SMILES string of the molecule is CCCCCCCCCCCCCCCCCC1OCC(COC(=O)CCCCN2C=CSC2OS(=O)(=O)c2ccc(C)cc2)O1. The summed E-state index contributed by atoms with van der Waals surface area (Å²) in [6.45, 7) is 5.43. The van der Waals surface area contributed by atoms with Crippen molar-refractivity contribution in [3.8, 4) is 0 Å². The van der Waals surface area contributed by atoms with Crippen LogP contribution >= 0.6 is 11.8 Å². The van der Waals surface area contributed by atoms with Crippen molar-refractivity contribution >= 4 is 27.8 Å². The number of carbonyl (C=O) groups is 1. The maximum atomic E-state index is 12.7. The molecule has 0 aliphatic carbocycles. The Morgan fingerprint density at radius 1 is 0.870 bits per heavy atom. The Balaban J connectivity index is 1.13. The molecule has 0 aromatic heterocycles. The van der Waals surface area contributed by atoms with E-state index in [1.54, 1.807) is 24.3 Å². The van der Waals surface area contributed by atoms with Gasteiger partial charge in [-0.3, -0.25) is 4.79 Å². The number of thioether (sulfide) groups is 1. The summed E-state index contributed by atoms with van der Waals surface area (Å²) in [5.41, 5.74) is 0.329. The summed E-state index contributed by atoms with van der Waals surface area (Å²) in [4.78, 5) is 14.3. The highest BCUT2D eigenvalue weighted by atomic mass is 32.2. The number of hydrogen-bond acceptors (Lipinski definition) is 9. The molecule has 0 spiro atoms. The van der Waals surface area contributed by atoms with Crippen LogP contribution in [0.4, 0.5) is 0 Å². The second kappa shape index (κ2) is 22.9. The van der Waals surface area contributed by atoms with Crippen molar-refractivity contribution in [2.45, 2.75) is 159 Å². The van der Waals surface area contributed by atoms with Gasteiger partial charge in [0.15, 0.2) is 6.29 Å². The molecule has 1 saturated heterocycles. The smallest absolute Gasteiger partial charge is 0.305 e. The van der Waals surface area contributed by atoms with Crippen molar-refractivity contribution in [1.29, 1.82) is 0 Å².